The Balaban J connectivity index is 1.29. The lowest BCUT2D eigenvalue weighted by molar-refractivity contribution is -1.03. The van der Waals surface area contributed by atoms with Crippen LogP contribution in [-0.4, -0.2) is 36.4 Å². The summed E-state index contributed by atoms with van der Waals surface area (Å²) in [7, 11) is 0. The van der Waals surface area contributed by atoms with Crippen molar-refractivity contribution in [3.63, 3.8) is 0 Å². The maximum Gasteiger partial charge on any atom is 0.139 e. The Hall–Kier alpha value is -3.21. The molecule has 0 unspecified atom stereocenters. The third-order valence-corrected chi connectivity index (χ3v) is 6.77. The van der Waals surface area contributed by atoms with Crippen LogP contribution in [0.15, 0.2) is 91.1 Å². The van der Waals surface area contributed by atoms with E-state index in [9.17, 15) is 0 Å². The number of nitrogens with one attached hydrogen (secondary N) is 3. The molecule has 0 aliphatic carbocycles. The van der Waals surface area contributed by atoms with Gasteiger partial charge in [0.05, 0.1) is 17.5 Å². The van der Waals surface area contributed by atoms with Crippen LogP contribution < -0.4 is 9.80 Å². The summed E-state index contributed by atoms with van der Waals surface area (Å²) in [6.07, 6.45) is 2.01. The van der Waals surface area contributed by atoms with Crippen molar-refractivity contribution in [1.29, 1.82) is 0 Å². The van der Waals surface area contributed by atoms with Gasteiger partial charge < -0.3 is 9.80 Å². The highest BCUT2D eigenvalue weighted by atomic mass is 15.3. The van der Waals surface area contributed by atoms with Crippen LogP contribution in [0.25, 0.3) is 11.3 Å². The zero-order chi connectivity index (χ0) is 21.8. The fourth-order valence-electron chi connectivity index (χ4n) is 5.03. The van der Waals surface area contributed by atoms with Crippen molar-refractivity contribution in [3.05, 3.63) is 113 Å². The van der Waals surface area contributed by atoms with Gasteiger partial charge >= 0.3 is 0 Å². The summed E-state index contributed by atoms with van der Waals surface area (Å²) in [6.45, 7) is 7.83. The van der Waals surface area contributed by atoms with Crippen molar-refractivity contribution >= 4 is 0 Å². The SMILES string of the molecule is Cc1ccc(-c2[nH]ncc2C[NH+]2CC[NH+](C(c3ccccc3)c3ccccc3)CC2)cc1. The first-order valence-electron chi connectivity index (χ1n) is 11.7. The fraction of sp³-hybridized carbons (Fsp3) is 0.250. The zero-order valence-corrected chi connectivity index (χ0v) is 18.7. The molecule has 5 rings (SSSR count). The number of aromatic nitrogens is 2. The number of benzene rings is 3. The molecular weight excluding hydrogens is 392 g/mol. The molecule has 32 heavy (non-hydrogen) atoms. The van der Waals surface area contributed by atoms with Crippen molar-refractivity contribution in [3.8, 4) is 11.3 Å². The largest absolute Gasteiger partial charge is 0.322 e. The molecule has 0 saturated carbocycles. The summed E-state index contributed by atoms with van der Waals surface area (Å²) < 4.78 is 0. The monoisotopic (exact) mass is 424 g/mol. The quantitative estimate of drug-likeness (QED) is 0.437. The number of piperazine rings is 1. The average molecular weight is 425 g/mol. The highest BCUT2D eigenvalue weighted by molar-refractivity contribution is 5.62. The Morgan fingerprint density at radius 2 is 1.38 bits per heavy atom. The highest BCUT2D eigenvalue weighted by Crippen LogP contribution is 2.21. The number of nitrogens with zero attached hydrogens (tertiary/aromatic N) is 1. The maximum absolute atomic E-state index is 4.37. The van der Waals surface area contributed by atoms with Crippen molar-refractivity contribution in [2.75, 3.05) is 26.2 Å². The van der Waals surface area contributed by atoms with E-state index in [0.29, 0.717) is 6.04 Å². The van der Waals surface area contributed by atoms with Crippen LogP contribution in [0.3, 0.4) is 0 Å². The van der Waals surface area contributed by atoms with E-state index in [0.717, 1.165) is 6.54 Å². The van der Waals surface area contributed by atoms with E-state index in [1.807, 2.05) is 6.20 Å². The van der Waals surface area contributed by atoms with E-state index in [1.165, 1.54) is 59.7 Å². The third kappa shape index (κ3) is 4.52. The lowest BCUT2D eigenvalue weighted by Crippen LogP contribution is -3.27. The summed E-state index contributed by atoms with van der Waals surface area (Å²) in [6, 6.07) is 31.1. The average Bonchev–Trinajstić information content (AvgIpc) is 3.30. The lowest BCUT2D eigenvalue weighted by Gasteiger charge is -2.35. The van der Waals surface area contributed by atoms with Gasteiger partial charge in [0.1, 0.15) is 38.8 Å². The molecule has 3 aromatic carbocycles. The van der Waals surface area contributed by atoms with Gasteiger partial charge in [0.25, 0.3) is 0 Å². The van der Waals surface area contributed by atoms with Crippen LogP contribution in [0, 0.1) is 6.92 Å². The van der Waals surface area contributed by atoms with E-state index in [4.69, 9.17) is 0 Å². The second kappa shape index (κ2) is 9.51. The highest BCUT2D eigenvalue weighted by Gasteiger charge is 2.32. The second-order valence-corrected chi connectivity index (χ2v) is 8.98. The van der Waals surface area contributed by atoms with E-state index in [1.54, 1.807) is 9.80 Å². The van der Waals surface area contributed by atoms with Gasteiger partial charge in [-0.2, -0.15) is 5.10 Å². The molecule has 0 amide bonds. The molecule has 4 aromatic rings. The van der Waals surface area contributed by atoms with E-state index in [-0.39, 0.29) is 0 Å². The van der Waals surface area contributed by atoms with E-state index in [2.05, 4.69) is 102 Å². The molecule has 3 N–H and O–H groups in total. The maximum atomic E-state index is 4.37. The van der Waals surface area contributed by atoms with Crippen LogP contribution in [0.1, 0.15) is 28.3 Å². The summed E-state index contributed by atoms with van der Waals surface area (Å²) >= 11 is 0. The Morgan fingerprint density at radius 3 is 1.97 bits per heavy atom. The minimum atomic E-state index is 0.399. The van der Waals surface area contributed by atoms with Crippen LogP contribution in [0.5, 0.6) is 0 Å². The van der Waals surface area contributed by atoms with Gasteiger partial charge in [0.15, 0.2) is 0 Å². The van der Waals surface area contributed by atoms with Gasteiger partial charge in [-0.25, -0.2) is 0 Å². The molecule has 1 aromatic heterocycles. The van der Waals surface area contributed by atoms with Gasteiger partial charge in [-0.15, -0.1) is 0 Å². The Bertz CT molecular complexity index is 1070. The van der Waals surface area contributed by atoms with Crippen LogP contribution >= 0.6 is 0 Å². The predicted molar refractivity (Wildman–Crippen MR) is 129 cm³/mol. The van der Waals surface area contributed by atoms with Crippen molar-refractivity contribution in [2.45, 2.75) is 19.5 Å². The number of rotatable bonds is 6. The molecule has 4 nitrogen and oxygen atoms in total. The first kappa shape index (κ1) is 20.7. The first-order valence-corrected chi connectivity index (χ1v) is 11.7. The standard InChI is InChI=1S/C28H30N4/c1-22-12-14-23(15-13-22)27-26(20-29-30-27)21-31-16-18-32(19-17-31)28(24-8-4-2-5-9-24)25-10-6-3-7-11-25/h2-15,20,28H,16-19,21H2,1H3,(H,29,30)/p+2. The molecule has 1 saturated heterocycles. The second-order valence-electron chi connectivity index (χ2n) is 8.98. The number of aryl methyl sites for hydroxylation is 1. The van der Waals surface area contributed by atoms with E-state index >= 15 is 0 Å². The number of H-pyrrole nitrogens is 1. The molecule has 1 aliphatic heterocycles. The molecule has 4 heteroatoms. The van der Waals surface area contributed by atoms with Gasteiger partial charge in [-0.05, 0) is 6.92 Å². The normalized spacial score (nSPS) is 18.7. The summed E-state index contributed by atoms with van der Waals surface area (Å²) in [5, 5.41) is 7.60. The molecule has 162 valence electrons. The molecule has 2 heterocycles. The minimum Gasteiger partial charge on any atom is -0.322 e. The van der Waals surface area contributed by atoms with Crippen molar-refractivity contribution < 1.29 is 9.80 Å². The smallest absolute Gasteiger partial charge is 0.139 e. The Kier molecular flexibility index (Phi) is 6.15. The minimum absolute atomic E-state index is 0.399. The van der Waals surface area contributed by atoms with E-state index < -0.39 is 0 Å². The van der Waals surface area contributed by atoms with Gasteiger partial charge in [-0.3, -0.25) is 5.10 Å². The molecular formula is C28H32N4+2. The zero-order valence-electron chi connectivity index (χ0n) is 18.7. The third-order valence-electron chi connectivity index (χ3n) is 6.77. The van der Waals surface area contributed by atoms with Crippen molar-refractivity contribution in [1.82, 2.24) is 10.2 Å². The summed E-state index contributed by atoms with van der Waals surface area (Å²) in [5.41, 5.74) is 7.81. The molecule has 0 radical (unpaired) electrons. The van der Waals surface area contributed by atoms with Gasteiger partial charge in [0.2, 0.25) is 0 Å². The molecule has 0 spiro atoms. The summed E-state index contributed by atoms with van der Waals surface area (Å²) in [5.74, 6) is 0. The van der Waals surface area contributed by atoms with Gasteiger partial charge in [-0.1, -0.05) is 90.5 Å². The molecule has 0 bridgehead atoms. The topological polar surface area (TPSA) is 37.6 Å². The van der Waals surface area contributed by atoms with Crippen LogP contribution in [0.4, 0.5) is 0 Å². The predicted octanol–water partition coefficient (Wildman–Crippen LogP) is 2.46. The summed E-state index contributed by atoms with van der Waals surface area (Å²) in [4.78, 5) is 3.31. The lowest BCUT2D eigenvalue weighted by atomic mass is 9.96. The Morgan fingerprint density at radius 1 is 0.781 bits per heavy atom. The molecule has 0 atom stereocenters. The van der Waals surface area contributed by atoms with Crippen LogP contribution in [-0.2, 0) is 6.54 Å². The molecule has 1 fully saturated rings. The van der Waals surface area contributed by atoms with Gasteiger partial charge in [0, 0.05) is 16.7 Å². The van der Waals surface area contributed by atoms with Crippen molar-refractivity contribution in [2.24, 2.45) is 0 Å². The number of aromatic amines is 1. The number of hydrogen-bond acceptors (Lipinski definition) is 1. The number of hydrogen-bond donors (Lipinski definition) is 3. The first-order chi connectivity index (χ1) is 15.8. The number of quaternary nitrogens is 2. The van der Waals surface area contributed by atoms with Crippen LogP contribution in [0.2, 0.25) is 0 Å². The Labute approximate surface area is 190 Å². The molecule has 1 aliphatic rings. The fourth-order valence-corrected chi connectivity index (χ4v) is 5.03.